The van der Waals surface area contributed by atoms with Gasteiger partial charge in [0.15, 0.2) is 8.46 Å². The van der Waals surface area contributed by atoms with Crippen molar-refractivity contribution in [2.24, 2.45) is 0 Å². The van der Waals surface area contributed by atoms with Crippen LogP contribution in [0, 0.1) is 0 Å². The third-order valence-corrected chi connectivity index (χ3v) is 2.21. The molecule has 0 N–H and O–H groups in total. The van der Waals surface area contributed by atoms with E-state index in [0.29, 0.717) is 0 Å². The molecule has 0 aliphatic heterocycles. The lowest BCUT2D eigenvalue weighted by molar-refractivity contribution is 0.596. The van der Waals surface area contributed by atoms with Gasteiger partial charge in [0.2, 0.25) is 0 Å². The molecule has 0 bridgehead atoms. The molecule has 1 aromatic rings. The Morgan fingerprint density at radius 3 is 2.45 bits per heavy atom. The van der Waals surface area contributed by atoms with E-state index in [1.54, 1.807) is 6.08 Å². The van der Waals surface area contributed by atoms with Crippen LogP contribution in [0.1, 0.15) is 11.2 Å². The fourth-order valence-electron chi connectivity index (χ4n) is 0.890. The molecule has 0 aromatic heterocycles. The molecule has 1 nitrogen and oxygen atoms in total. The standard InChI is InChI=1S/C9H9OP/c1-2-9(11-10)8-6-4-3-5-7-8/h2-7,9H,1H2. The summed E-state index contributed by atoms with van der Waals surface area (Å²) in [5.41, 5.74) is 0.982. The number of hydrogen-bond donors (Lipinski definition) is 0. The molecule has 1 atom stereocenters. The molecule has 1 aromatic carbocycles. The molecule has 56 valence electrons. The Hall–Kier alpha value is -0.940. The van der Waals surface area contributed by atoms with E-state index < -0.39 is 0 Å². The van der Waals surface area contributed by atoms with Crippen LogP contribution in [0.25, 0.3) is 0 Å². The van der Waals surface area contributed by atoms with Crippen molar-refractivity contribution in [3.05, 3.63) is 48.6 Å². The van der Waals surface area contributed by atoms with E-state index in [2.05, 4.69) is 6.58 Å². The first-order chi connectivity index (χ1) is 5.38. The average Bonchev–Trinajstić information content (AvgIpc) is 2.09. The lowest BCUT2D eigenvalue weighted by Gasteiger charge is -2.01. The van der Waals surface area contributed by atoms with Crippen LogP contribution < -0.4 is 0 Å². The van der Waals surface area contributed by atoms with Crippen molar-refractivity contribution in [3.63, 3.8) is 0 Å². The van der Waals surface area contributed by atoms with Gasteiger partial charge in [0, 0.05) is 0 Å². The van der Waals surface area contributed by atoms with Gasteiger partial charge in [0.25, 0.3) is 0 Å². The summed E-state index contributed by atoms with van der Waals surface area (Å²) in [6.07, 6.45) is 1.68. The first kappa shape index (κ1) is 8.16. The topological polar surface area (TPSA) is 17.1 Å². The minimum Gasteiger partial charge on any atom is -0.274 e. The summed E-state index contributed by atoms with van der Waals surface area (Å²) in [4.78, 5) is 0. The van der Waals surface area contributed by atoms with E-state index in [1.165, 1.54) is 0 Å². The van der Waals surface area contributed by atoms with Crippen LogP contribution in [0.3, 0.4) is 0 Å². The maximum absolute atomic E-state index is 10.6. The highest BCUT2D eigenvalue weighted by atomic mass is 31.1. The van der Waals surface area contributed by atoms with Crippen LogP contribution in [0.5, 0.6) is 0 Å². The molecule has 2 heteroatoms. The van der Waals surface area contributed by atoms with Crippen molar-refractivity contribution in [2.75, 3.05) is 0 Å². The third-order valence-electron chi connectivity index (χ3n) is 1.48. The van der Waals surface area contributed by atoms with Crippen molar-refractivity contribution in [3.8, 4) is 0 Å². The quantitative estimate of drug-likeness (QED) is 0.495. The van der Waals surface area contributed by atoms with E-state index in [1.807, 2.05) is 30.3 Å². The maximum Gasteiger partial charge on any atom is 0.167 e. The summed E-state index contributed by atoms with van der Waals surface area (Å²) in [5.74, 6) is 0. The summed E-state index contributed by atoms with van der Waals surface area (Å²) >= 11 is 0. The predicted molar refractivity (Wildman–Crippen MR) is 47.0 cm³/mol. The molecule has 0 spiro atoms. The molecule has 0 saturated carbocycles. The molecular weight excluding hydrogens is 155 g/mol. The van der Waals surface area contributed by atoms with E-state index in [4.69, 9.17) is 0 Å². The number of benzene rings is 1. The molecule has 0 aliphatic rings. The SMILES string of the molecule is C=CC(P=O)c1ccccc1. The normalized spacial score (nSPS) is 12.7. The maximum atomic E-state index is 10.6. The van der Waals surface area contributed by atoms with Crippen LogP contribution in [0.2, 0.25) is 0 Å². The third kappa shape index (κ3) is 1.99. The van der Waals surface area contributed by atoms with E-state index in [0.717, 1.165) is 5.56 Å². The van der Waals surface area contributed by atoms with Gasteiger partial charge >= 0.3 is 0 Å². The summed E-state index contributed by atoms with van der Waals surface area (Å²) in [5, 5.41) is 0. The highest BCUT2D eigenvalue weighted by molar-refractivity contribution is 7.24. The molecule has 0 heterocycles. The molecule has 0 fully saturated rings. The molecule has 11 heavy (non-hydrogen) atoms. The lowest BCUT2D eigenvalue weighted by atomic mass is 10.1. The second-order valence-electron chi connectivity index (χ2n) is 2.20. The number of hydrogen-bond acceptors (Lipinski definition) is 1. The molecule has 1 unspecified atom stereocenters. The van der Waals surface area contributed by atoms with Crippen LogP contribution >= 0.6 is 8.46 Å². The zero-order chi connectivity index (χ0) is 8.10. The Kier molecular flexibility index (Phi) is 3.00. The first-order valence-corrected chi connectivity index (χ1v) is 4.26. The van der Waals surface area contributed by atoms with Gasteiger partial charge in [-0.15, -0.1) is 6.58 Å². The zero-order valence-electron chi connectivity index (χ0n) is 6.10. The van der Waals surface area contributed by atoms with Gasteiger partial charge in [-0.25, -0.2) is 0 Å². The summed E-state index contributed by atoms with van der Waals surface area (Å²) in [6.45, 7) is 3.60. The predicted octanol–water partition coefficient (Wildman–Crippen LogP) is 3.21. The van der Waals surface area contributed by atoms with Gasteiger partial charge in [0.1, 0.15) is 0 Å². The smallest absolute Gasteiger partial charge is 0.167 e. The Bertz CT molecular complexity index is 235. The van der Waals surface area contributed by atoms with Crippen molar-refractivity contribution < 1.29 is 4.57 Å². The van der Waals surface area contributed by atoms with Crippen LogP contribution in [0.4, 0.5) is 0 Å². The molecule has 0 radical (unpaired) electrons. The molecule has 0 aliphatic carbocycles. The molecule has 0 saturated heterocycles. The average molecular weight is 164 g/mol. The zero-order valence-corrected chi connectivity index (χ0v) is 7.00. The Morgan fingerprint density at radius 2 is 2.00 bits per heavy atom. The van der Waals surface area contributed by atoms with Crippen LogP contribution in [-0.2, 0) is 4.57 Å². The fraction of sp³-hybridized carbons (Fsp3) is 0.111. The largest absolute Gasteiger partial charge is 0.274 e. The minimum absolute atomic E-state index is 0.0591. The molecule has 1 rings (SSSR count). The minimum atomic E-state index is -0.0591. The highest BCUT2D eigenvalue weighted by Crippen LogP contribution is 2.26. The van der Waals surface area contributed by atoms with Crippen molar-refractivity contribution >= 4 is 8.46 Å². The van der Waals surface area contributed by atoms with Gasteiger partial charge in [-0.1, -0.05) is 36.4 Å². The van der Waals surface area contributed by atoms with E-state index in [9.17, 15) is 4.57 Å². The van der Waals surface area contributed by atoms with Crippen molar-refractivity contribution in [1.82, 2.24) is 0 Å². The first-order valence-electron chi connectivity index (χ1n) is 3.38. The van der Waals surface area contributed by atoms with Gasteiger partial charge in [-0.3, -0.25) is 4.57 Å². The van der Waals surface area contributed by atoms with Crippen LogP contribution in [-0.4, -0.2) is 0 Å². The van der Waals surface area contributed by atoms with Crippen molar-refractivity contribution in [1.29, 1.82) is 0 Å². The summed E-state index contributed by atoms with van der Waals surface area (Å²) in [6, 6.07) is 9.67. The van der Waals surface area contributed by atoms with Crippen LogP contribution in [0.15, 0.2) is 43.0 Å². The number of allylic oxidation sites excluding steroid dienone is 1. The van der Waals surface area contributed by atoms with Gasteiger partial charge in [0.05, 0.1) is 5.66 Å². The van der Waals surface area contributed by atoms with Gasteiger partial charge in [-0.2, -0.15) is 0 Å². The monoisotopic (exact) mass is 164 g/mol. The number of rotatable bonds is 3. The highest BCUT2D eigenvalue weighted by Gasteiger charge is 2.04. The molecule has 0 amide bonds. The van der Waals surface area contributed by atoms with E-state index >= 15 is 0 Å². The summed E-state index contributed by atoms with van der Waals surface area (Å²) < 4.78 is 10.6. The second kappa shape index (κ2) is 4.05. The summed E-state index contributed by atoms with van der Waals surface area (Å²) in [7, 11) is 0.107. The van der Waals surface area contributed by atoms with E-state index in [-0.39, 0.29) is 14.1 Å². The lowest BCUT2D eigenvalue weighted by Crippen LogP contribution is -1.82. The van der Waals surface area contributed by atoms with Gasteiger partial charge in [-0.05, 0) is 5.56 Å². The molecular formula is C9H9OP. The fourth-order valence-corrected chi connectivity index (χ4v) is 1.27. The van der Waals surface area contributed by atoms with Gasteiger partial charge < -0.3 is 0 Å². The Morgan fingerprint density at radius 1 is 1.36 bits per heavy atom. The second-order valence-corrected chi connectivity index (χ2v) is 2.96. The van der Waals surface area contributed by atoms with Crippen molar-refractivity contribution in [2.45, 2.75) is 5.66 Å². The Labute approximate surface area is 68.0 Å². The Balaban J connectivity index is 2.90.